The van der Waals surface area contributed by atoms with Crippen molar-refractivity contribution < 1.29 is 8.42 Å². The number of halogens is 1. The highest BCUT2D eigenvalue weighted by Crippen LogP contribution is 2.29. The van der Waals surface area contributed by atoms with Crippen LogP contribution in [0.3, 0.4) is 0 Å². The Labute approximate surface area is 124 Å². The second-order valence-electron chi connectivity index (χ2n) is 3.80. The quantitative estimate of drug-likeness (QED) is 0.875. The lowest BCUT2D eigenvalue weighted by molar-refractivity contribution is 0.601. The molecule has 0 saturated heterocycles. The van der Waals surface area contributed by atoms with E-state index in [1.807, 2.05) is 0 Å². The topological polar surface area (TPSA) is 85.1 Å². The minimum atomic E-state index is -3.61. The molecule has 0 aliphatic rings. The Hall–Kier alpha value is -0.960. The highest BCUT2D eigenvalue weighted by molar-refractivity contribution is 9.10. The number of hydrogen-bond acceptors (Lipinski definition) is 5. The van der Waals surface area contributed by atoms with Gasteiger partial charge in [0.05, 0.1) is 10.2 Å². The van der Waals surface area contributed by atoms with Crippen LogP contribution in [0.4, 0.5) is 5.69 Å². The summed E-state index contributed by atoms with van der Waals surface area (Å²) in [6, 6.07) is 3.20. The number of thiophene rings is 1. The average molecular weight is 362 g/mol. The van der Waals surface area contributed by atoms with Crippen LogP contribution < -0.4 is 10.5 Å². The maximum Gasteiger partial charge on any atom is 0.263 e. The molecule has 0 radical (unpaired) electrons. The van der Waals surface area contributed by atoms with Gasteiger partial charge in [-0.3, -0.25) is 9.71 Å². The second kappa shape index (κ2) is 5.58. The summed E-state index contributed by atoms with van der Waals surface area (Å²) in [5.74, 6) is 0. The minimum absolute atomic E-state index is 0.265. The van der Waals surface area contributed by atoms with Crippen LogP contribution in [-0.2, 0) is 16.6 Å². The fraction of sp³-hybridized carbons (Fsp3) is 0.182. The molecule has 3 N–H and O–H groups in total. The van der Waals surface area contributed by atoms with Crippen LogP contribution in [0.15, 0.2) is 33.9 Å². The molecule has 19 heavy (non-hydrogen) atoms. The standard InChI is InChI=1S/C11H12BrN3O2S2/c1-7-11(4-8(5-13)18-7)19(16,17)15-10-2-3-14-6-9(10)12/h2-4,6H,5,13H2,1H3,(H,14,15). The van der Waals surface area contributed by atoms with E-state index in [2.05, 4.69) is 25.6 Å². The number of anilines is 1. The van der Waals surface area contributed by atoms with Crippen molar-refractivity contribution in [1.82, 2.24) is 4.98 Å². The third kappa shape index (κ3) is 3.14. The van der Waals surface area contributed by atoms with Crippen LogP contribution in [0, 0.1) is 6.92 Å². The van der Waals surface area contributed by atoms with E-state index in [-0.39, 0.29) is 4.90 Å². The van der Waals surface area contributed by atoms with Crippen molar-refractivity contribution in [3.63, 3.8) is 0 Å². The van der Waals surface area contributed by atoms with E-state index in [0.717, 1.165) is 9.75 Å². The van der Waals surface area contributed by atoms with Gasteiger partial charge in [0, 0.05) is 28.7 Å². The summed E-state index contributed by atoms with van der Waals surface area (Å²) in [7, 11) is -3.61. The fourth-order valence-electron chi connectivity index (χ4n) is 1.55. The molecule has 0 fully saturated rings. The van der Waals surface area contributed by atoms with Crippen LogP contribution in [0.5, 0.6) is 0 Å². The van der Waals surface area contributed by atoms with E-state index in [9.17, 15) is 8.42 Å². The van der Waals surface area contributed by atoms with Gasteiger partial charge in [0.25, 0.3) is 10.0 Å². The second-order valence-corrected chi connectivity index (χ2v) is 7.64. The Kier molecular flexibility index (Phi) is 4.24. The van der Waals surface area contributed by atoms with Crippen LogP contribution in [0.25, 0.3) is 0 Å². The number of sulfonamides is 1. The van der Waals surface area contributed by atoms with Crippen molar-refractivity contribution in [3.05, 3.63) is 38.8 Å². The zero-order chi connectivity index (χ0) is 14.0. The number of pyridine rings is 1. The highest BCUT2D eigenvalue weighted by atomic mass is 79.9. The van der Waals surface area contributed by atoms with Crippen molar-refractivity contribution >= 4 is 43.0 Å². The molecule has 2 aromatic rings. The number of nitrogens with two attached hydrogens (primary N) is 1. The number of nitrogens with zero attached hydrogens (tertiary/aromatic N) is 1. The lowest BCUT2D eigenvalue weighted by atomic mass is 10.4. The largest absolute Gasteiger partial charge is 0.326 e. The molecule has 0 atom stereocenters. The zero-order valence-electron chi connectivity index (χ0n) is 10.1. The molecule has 0 saturated carbocycles. The number of aryl methyl sites for hydroxylation is 1. The monoisotopic (exact) mass is 361 g/mol. The first-order valence-electron chi connectivity index (χ1n) is 5.36. The lowest BCUT2D eigenvalue weighted by Crippen LogP contribution is -2.13. The summed E-state index contributed by atoms with van der Waals surface area (Å²) < 4.78 is 27.8. The number of aromatic nitrogens is 1. The van der Waals surface area contributed by atoms with Gasteiger partial charge in [0.1, 0.15) is 4.90 Å². The van der Waals surface area contributed by atoms with Gasteiger partial charge in [-0.2, -0.15) is 0 Å². The number of rotatable bonds is 4. The molecule has 0 unspecified atom stereocenters. The van der Waals surface area contributed by atoms with Crippen molar-refractivity contribution in [2.75, 3.05) is 4.72 Å². The Morgan fingerprint density at radius 2 is 2.26 bits per heavy atom. The first-order chi connectivity index (χ1) is 8.94. The average Bonchev–Trinajstić information content (AvgIpc) is 2.74. The molecule has 2 heterocycles. The van der Waals surface area contributed by atoms with Gasteiger partial charge >= 0.3 is 0 Å². The Bertz CT molecular complexity index is 698. The molecular formula is C11H12BrN3O2S2. The molecule has 8 heteroatoms. The van der Waals surface area contributed by atoms with E-state index in [4.69, 9.17) is 5.73 Å². The van der Waals surface area contributed by atoms with Crippen molar-refractivity contribution in [2.45, 2.75) is 18.4 Å². The van der Waals surface area contributed by atoms with Crippen molar-refractivity contribution in [2.24, 2.45) is 5.73 Å². The van der Waals surface area contributed by atoms with E-state index in [1.165, 1.54) is 23.7 Å². The Morgan fingerprint density at radius 3 is 2.84 bits per heavy atom. The summed E-state index contributed by atoms with van der Waals surface area (Å²) >= 11 is 4.64. The predicted molar refractivity (Wildman–Crippen MR) is 79.7 cm³/mol. The fourth-order valence-corrected chi connectivity index (χ4v) is 4.63. The maximum atomic E-state index is 12.3. The smallest absolute Gasteiger partial charge is 0.263 e. The summed E-state index contributed by atoms with van der Waals surface area (Å²) in [6.45, 7) is 2.10. The van der Waals surface area contributed by atoms with Crippen molar-refractivity contribution in [1.29, 1.82) is 0 Å². The van der Waals surface area contributed by atoms with Gasteiger partial charge < -0.3 is 5.73 Å². The first-order valence-corrected chi connectivity index (χ1v) is 8.45. The van der Waals surface area contributed by atoms with Gasteiger partial charge in [-0.25, -0.2) is 8.42 Å². The highest BCUT2D eigenvalue weighted by Gasteiger charge is 2.20. The third-order valence-corrected chi connectivity index (χ3v) is 5.76. The maximum absolute atomic E-state index is 12.3. The zero-order valence-corrected chi connectivity index (χ0v) is 13.3. The summed E-state index contributed by atoms with van der Waals surface area (Å²) in [4.78, 5) is 5.71. The number of nitrogens with one attached hydrogen (secondary N) is 1. The molecule has 0 aliphatic heterocycles. The molecule has 0 aliphatic carbocycles. The normalized spacial score (nSPS) is 11.5. The predicted octanol–water partition coefficient (Wildman–Crippen LogP) is 2.47. The van der Waals surface area contributed by atoms with Crippen LogP contribution in [0.1, 0.15) is 9.75 Å². The molecule has 0 amide bonds. The molecule has 0 aromatic carbocycles. The van der Waals surface area contributed by atoms with E-state index in [1.54, 1.807) is 19.1 Å². The Morgan fingerprint density at radius 1 is 1.53 bits per heavy atom. The molecule has 5 nitrogen and oxygen atoms in total. The molecule has 102 valence electrons. The van der Waals surface area contributed by atoms with Crippen LogP contribution >= 0.6 is 27.3 Å². The van der Waals surface area contributed by atoms with E-state index in [0.29, 0.717) is 16.7 Å². The van der Waals surface area contributed by atoms with E-state index >= 15 is 0 Å². The van der Waals surface area contributed by atoms with Gasteiger partial charge in [0.15, 0.2) is 0 Å². The molecular weight excluding hydrogens is 350 g/mol. The van der Waals surface area contributed by atoms with Crippen molar-refractivity contribution in [3.8, 4) is 0 Å². The summed E-state index contributed by atoms with van der Waals surface area (Å²) in [5, 5.41) is 0. The molecule has 2 aromatic heterocycles. The molecule has 2 rings (SSSR count). The lowest BCUT2D eigenvalue weighted by Gasteiger charge is -2.08. The minimum Gasteiger partial charge on any atom is -0.326 e. The van der Waals surface area contributed by atoms with Gasteiger partial charge in [-0.05, 0) is 35.0 Å². The van der Waals surface area contributed by atoms with Crippen LogP contribution in [0.2, 0.25) is 0 Å². The van der Waals surface area contributed by atoms with Gasteiger partial charge in [0.2, 0.25) is 0 Å². The molecule has 0 spiro atoms. The van der Waals surface area contributed by atoms with Crippen LogP contribution in [-0.4, -0.2) is 13.4 Å². The summed E-state index contributed by atoms with van der Waals surface area (Å²) in [5.41, 5.74) is 5.99. The SMILES string of the molecule is Cc1sc(CN)cc1S(=O)(=O)Nc1ccncc1Br. The number of hydrogen-bond donors (Lipinski definition) is 2. The van der Waals surface area contributed by atoms with E-state index < -0.39 is 10.0 Å². The molecule has 0 bridgehead atoms. The Balaban J connectivity index is 2.38. The summed E-state index contributed by atoms with van der Waals surface area (Å²) in [6.07, 6.45) is 3.05. The first kappa shape index (κ1) is 14.4. The third-order valence-electron chi connectivity index (χ3n) is 2.43. The van der Waals surface area contributed by atoms with Gasteiger partial charge in [-0.15, -0.1) is 11.3 Å². The van der Waals surface area contributed by atoms with Gasteiger partial charge in [-0.1, -0.05) is 0 Å².